The van der Waals surface area contributed by atoms with Gasteiger partial charge in [0.25, 0.3) is 0 Å². The summed E-state index contributed by atoms with van der Waals surface area (Å²) in [6.45, 7) is 1.46. The fraction of sp³-hybridized carbons (Fsp3) is 0.0667. The van der Waals surface area contributed by atoms with Gasteiger partial charge in [0, 0.05) is 22.8 Å². The predicted molar refractivity (Wildman–Crippen MR) is 82.9 cm³/mol. The van der Waals surface area contributed by atoms with Gasteiger partial charge in [0.15, 0.2) is 0 Å². The predicted octanol–water partition coefficient (Wildman–Crippen LogP) is 4.02. The number of halogens is 1. The van der Waals surface area contributed by atoms with Crippen molar-refractivity contribution in [2.75, 3.05) is 10.6 Å². The molecule has 0 aliphatic carbocycles. The van der Waals surface area contributed by atoms with Gasteiger partial charge in [-0.25, -0.2) is 0 Å². The van der Waals surface area contributed by atoms with E-state index in [-0.39, 0.29) is 5.91 Å². The van der Waals surface area contributed by atoms with Crippen LogP contribution in [-0.4, -0.2) is 5.91 Å². The fourth-order valence-electron chi connectivity index (χ4n) is 1.75. The number of anilines is 3. The zero-order valence-corrected chi connectivity index (χ0v) is 12.4. The van der Waals surface area contributed by atoms with Gasteiger partial charge in [0.1, 0.15) is 6.07 Å². The van der Waals surface area contributed by atoms with E-state index in [1.54, 1.807) is 12.1 Å². The van der Waals surface area contributed by atoms with E-state index in [1.807, 2.05) is 30.3 Å². The van der Waals surface area contributed by atoms with Crippen molar-refractivity contribution in [2.45, 2.75) is 6.92 Å². The molecule has 1 amide bonds. The summed E-state index contributed by atoms with van der Waals surface area (Å²) in [6, 6.07) is 14.8. The number of rotatable bonds is 3. The summed E-state index contributed by atoms with van der Waals surface area (Å²) in [4.78, 5) is 11.0. The van der Waals surface area contributed by atoms with Crippen LogP contribution < -0.4 is 10.6 Å². The number of amides is 1. The standard InChI is InChI=1S/C15H12BrN3O/c1-10(20)18-13-3-2-4-14(8-13)19-15-7-12(16)6-5-11(15)9-17/h2-8,19H,1H3,(H,18,20). The van der Waals surface area contributed by atoms with Crippen LogP contribution in [0, 0.1) is 11.3 Å². The van der Waals surface area contributed by atoms with Crippen LogP contribution in [-0.2, 0) is 4.79 Å². The number of carbonyl (C=O) groups is 1. The Morgan fingerprint density at radius 1 is 1.20 bits per heavy atom. The van der Waals surface area contributed by atoms with Gasteiger partial charge in [-0.2, -0.15) is 5.26 Å². The lowest BCUT2D eigenvalue weighted by molar-refractivity contribution is -0.114. The van der Waals surface area contributed by atoms with Gasteiger partial charge >= 0.3 is 0 Å². The van der Waals surface area contributed by atoms with Crippen molar-refractivity contribution >= 4 is 38.9 Å². The molecule has 2 rings (SSSR count). The van der Waals surface area contributed by atoms with Gasteiger partial charge < -0.3 is 10.6 Å². The number of nitriles is 1. The lowest BCUT2D eigenvalue weighted by Gasteiger charge is -2.10. The Balaban J connectivity index is 2.28. The van der Waals surface area contributed by atoms with Crippen LogP contribution in [0.2, 0.25) is 0 Å². The van der Waals surface area contributed by atoms with E-state index < -0.39 is 0 Å². The largest absolute Gasteiger partial charge is 0.354 e. The van der Waals surface area contributed by atoms with Crippen LogP contribution in [0.5, 0.6) is 0 Å². The second-order valence-electron chi connectivity index (χ2n) is 4.19. The minimum atomic E-state index is -0.123. The first-order valence-corrected chi connectivity index (χ1v) is 6.72. The maximum Gasteiger partial charge on any atom is 0.221 e. The summed E-state index contributed by atoms with van der Waals surface area (Å²) in [5, 5.41) is 15.0. The van der Waals surface area contributed by atoms with E-state index in [0.717, 1.165) is 10.2 Å². The molecule has 4 nitrogen and oxygen atoms in total. The zero-order valence-electron chi connectivity index (χ0n) is 10.8. The molecule has 0 atom stereocenters. The average molecular weight is 330 g/mol. The van der Waals surface area contributed by atoms with E-state index in [2.05, 4.69) is 32.6 Å². The molecule has 0 saturated carbocycles. The van der Waals surface area contributed by atoms with Crippen molar-refractivity contribution in [1.29, 1.82) is 5.26 Å². The van der Waals surface area contributed by atoms with Crippen molar-refractivity contribution in [3.8, 4) is 6.07 Å². The van der Waals surface area contributed by atoms with Crippen LogP contribution in [0.1, 0.15) is 12.5 Å². The minimum Gasteiger partial charge on any atom is -0.354 e. The molecule has 0 aliphatic rings. The van der Waals surface area contributed by atoms with Gasteiger partial charge in [-0.15, -0.1) is 0 Å². The van der Waals surface area contributed by atoms with Crippen molar-refractivity contribution in [1.82, 2.24) is 0 Å². The summed E-state index contributed by atoms with van der Waals surface area (Å²) >= 11 is 3.38. The number of nitrogens with zero attached hydrogens (tertiary/aromatic N) is 1. The molecule has 2 aromatic rings. The third-order valence-corrected chi connectivity index (χ3v) is 3.06. The molecule has 0 saturated heterocycles. The van der Waals surface area contributed by atoms with E-state index >= 15 is 0 Å². The molecule has 100 valence electrons. The molecule has 5 heteroatoms. The van der Waals surface area contributed by atoms with Crippen molar-refractivity contribution < 1.29 is 4.79 Å². The molecule has 0 aliphatic heterocycles. The van der Waals surface area contributed by atoms with E-state index in [9.17, 15) is 4.79 Å². The van der Waals surface area contributed by atoms with Crippen molar-refractivity contribution in [2.24, 2.45) is 0 Å². The molecule has 0 aromatic heterocycles. The maximum absolute atomic E-state index is 11.0. The number of carbonyl (C=O) groups excluding carboxylic acids is 1. The number of hydrogen-bond donors (Lipinski definition) is 2. The SMILES string of the molecule is CC(=O)Nc1cccc(Nc2cc(Br)ccc2C#N)c1. The Hall–Kier alpha value is -2.32. The van der Waals surface area contributed by atoms with Crippen LogP contribution in [0.25, 0.3) is 0 Å². The third-order valence-electron chi connectivity index (χ3n) is 2.56. The molecule has 0 bridgehead atoms. The normalized spacial score (nSPS) is 9.65. The lowest BCUT2D eigenvalue weighted by atomic mass is 10.2. The summed E-state index contributed by atoms with van der Waals surface area (Å²) in [5.74, 6) is -0.123. The highest BCUT2D eigenvalue weighted by Crippen LogP contribution is 2.25. The molecule has 2 N–H and O–H groups in total. The summed E-state index contributed by atoms with van der Waals surface area (Å²) in [7, 11) is 0. The number of nitrogens with one attached hydrogen (secondary N) is 2. The molecule has 0 radical (unpaired) electrons. The second kappa shape index (κ2) is 6.22. The van der Waals surface area contributed by atoms with Gasteiger partial charge in [-0.05, 0) is 36.4 Å². The topological polar surface area (TPSA) is 64.9 Å². The Bertz CT molecular complexity index is 692. The first-order valence-electron chi connectivity index (χ1n) is 5.93. The Labute approximate surface area is 125 Å². The highest BCUT2D eigenvalue weighted by Gasteiger charge is 2.04. The van der Waals surface area contributed by atoms with Gasteiger partial charge in [-0.3, -0.25) is 4.79 Å². The summed E-state index contributed by atoms with van der Waals surface area (Å²) < 4.78 is 0.886. The molecule has 2 aromatic carbocycles. The first-order chi connectivity index (χ1) is 9.58. The molecule has 0 fully saturated rings. The average Bonchev–Trinajstić information content (AvgIpc) is 2.38. The van der Waals surface area contributed by atoms with Gasteiger partial charge in [0.2, 0.25) is 5.91 Å². The third kappa shape index (κ3) is 3.59. The molecule has 0 heterocycles. The molecule has 0 unspecified atom stereocenters. The zero-order chi connectivity index (χ0) is 14.5. The molecule has 20 heavy (non-hydrogen) atoms. The van der Waals surface area contributed by atoms with Crippen LogP contribution in [0.3, 0.4) is 0 Å². The van der Waals surface area contributed by atoms with Crippen LogP contribution >= 0.6 is 15.9 Å². The first kappa shape index (κ1) is 14.1. The fourth-order valence-corrected chi connectivity index (χ4v) is 2.11. The van der Waals surface area contributed by atoms with Gasteiger partial charge in [0.05, 0.1) is 11.3 Å². The Morgan fingerprint density at radius 2 is 1.95 bits per heavy atom. The Morgan fingerprint density at radius 3 is 2.65 bits per heavy atom. The van der Waals surface area contributed by atoms with E-state index in [4.69, 9.17) is 5.26 Å². The molecule has 0 spiro atoms. The number of benzene rings is 2. The number of hydrogen-bond acceptors (Lipinski definition) is 3. The van der Waals surface area contributed by atoms with Crippen LogP contribution in [0.4, 0.5) is 17.1 Å². The highest BCUT2D eigenvalue weighted by molar-refractivity contribution is 9.10. The summed E-state index contributed by atoms with van der Waals surface area (Å²) in [6.07, 6.45) is 0. The van der Waals surface area contributed by atoms with Gasteiger partial charge in [-0.1, -0.05) is 22.0 Å². The molecular weight excluding hydrogens is 318 g/mol. The van der Waals surface area contributed by atoms with E-state index in [1.165, 1.54) is 6.92 Å². The van der Waals surface area contributed by atoms with E-state index in [0.29, 0.717) is 16.9 Å². The smallest absolute Gasteiger partial charge is 0.221 e. The monoisotopic (exact) mass is 329 g/mol. The Kier molecular flexibility index (Phi) is 4.38. The van der Waals surface area contributed by atoms with Crippen LogP contribution in [0.15, 0.2) is 46.9 Å². The summed E-state index contributed by atoms with van der Waals surface area (Å²) in [5.41, 5.74) is 2.77. The lowest BCUT2D eigenvalue weighted by Crippen LogP contribution is -2.05. The minimum absolute atomic E-state index is 0.123. The quantitative estimate of drug-likeness (QED) is 0.893. The van der Waals surface area contributed by atoms with Crippen molar-refractivity contribution in [3.05, 3.63) is 52.5 Å². The highest BCUT2D eigenvalue weighted by atomic mass is 79.9. The maximum atomic E-state index is 11.0. The molecular formula is C15H12BrN3O. The van der Waals surface area contributed by atoms with Crippen molar-refractivity contribution in [3.63, 3.8) is 0 Å². The second-order valence-corrected chi connectivity index (χ2v) is 5.10.